The topological polar surface area (TPSA) is 169 Å². The Morgan fingerprint density at radius 3 is 2.28 bits per heavy atom. The van der Waals surface area contributed by atoms with Crippen molar-refractivity contribution in [1.29, 1.82) is 0 Å². The number of nitrogen functional groups attached to an aromatic ring is 1. The third kappa shape index (κ3) is 12.7. The molecule has 3 heterocycles. The first-order valence-corrected chi connectivity index (χ1v) is 18.2. The van der Waals surface area contributed by atoms with Crippen LogP contribution in [0.5, 0.6) is 0 Å². The van der Waals surface area contributed by atoms with Crippen molar-refractivity contribution < 1.29 is 28.5 Å². The van der Waals surface area contributed by atoms with E-state index in [1.54, 1.807) is 14.0 Å². The van der Waals surface area contributed by atoms with Crippen molar-refractivity contribution >= 4 is 45.1 Å². The number of nitrogens with one attached hydrogen (secondary N) is 3. The van der Waals surface area contributed by atoms with Crippen molar-refractivity contribution in [3.8, 4) is 0 Å². The molecule has 1 unspecified atom stereocenters. The van der Waals surface area contributed by atoms with Gasteiger partial charge in [-0.05, 0) is 51.4 Å². The number of H-pyrrole nitrogens is 1. The SMILES string of the molecule is CCCCc1nc2c([nH]1)c(N)nc1ccc(N3CCN(CCOCCOCCOCCOCCC(=O)NCCCC(NC)C(C)=O)CC3)cc12. The Kier molecular flexibility index (Phi) is 17.1. The summed E-state index contributed by atoms with van der Waals surface area (Å²) in [4.78, 5) is 41.1. The second-order valence-electron chi connectivity index (χ2n) is 12.7. The average molecular weight is 699 g/mol. The molecule has 0 saturated carbocycles. The molecule has 1 aliphatic rings. The normalized spacial score (nSPS) is 14.5. The van der Waals surface area contributed by atoms with Gasteiger partial charge in [0.05, 0.1) is 64.4 Å². The zero-order chi connectivity index (χ0) is 35.6. The fourth-order valence-electron chi connectivity index (χ4n) is 5.98. The maximum absolute atomic E-state index is 11.9. The highest BCUT2D eigenvalue weighted by Gasteiger charge is 2.19. The molecular formula is C36H58N8O6. The largest absolute Gasteiger partial charge is 0.382 e. The molecule has 1 fully saturated rings. The predicted octanol–water partition coefficient (Wildman–Crippen LogP) is 2.69. The highest BCUT2D eigenvalue weighted by molar-refractivity contribution is 6.07. The van der Waals surface area contributed by atoms with Gasteiger partial charge >= 0.3 is 0 Å². The van der Waals surface area contributed by atoms with Crippen LogP contribution in [-0.2, 0) is 35.0 Å². The third-order valence-electron chi connectivity index (χ3n) is 8.96. The molecule has 4 rings (SSSR count). The average Bonchev–Trinajstić information content (AvgIpc) is 3.56. The fourth-order valence-corrected chi connectivity index (χ4v) is 5.98. The van der Waals surface area contributed by atoms with Crippen molar-refractivity contribution in [2.24, 2.45) is 0 Å². The van der Waals surface area contributed by atoms with Crippen LogP contribution in [0.1, 0.15) is 51.8 Å². The summed E-state index contributed by atoms with van der Waals surface area (Å²) >= 11 is 0. The van der Waals surface area contributed by atoms with Gasteiger partial charge in [-0.3, -0.25) is 14.5 Å². The Labute approximate surface area is 296 Å². The van der Waals surface area contributed by atoms with Crippen molar-refractivity contribution in [3.63, 3.8) is 0 Å². The number of aromatic amines is 1. The van der Waals surface area contributed by atoms with E-state index in [9.17, 15) is 9.59 Å². The van der Waals surface area contributed by atoms with Crippen molar-refractivity contribution in [3.05, 3.63) is 24.0 Å². The van der Waals surface area contributed by atoms with Crippen LogP contribution in [0.15, 0.2) is 18.2 Å². The molecule has 0 spiro atoms. The van der Waals surface area contributed by atoms with Crippen LogP contribution >= 0.6 is 0 Å². The third-order valence-corrected chi connectivity index (χ3v) is 8.96. The van der Waals surface area contributed by atoms with Crippen LogP contribution in [0.2, 0.25) is 0 Å². The number of carbonyl (C=O) groups excluding carboxylic acids is 2. The van der Waals surface area contributed by atoms with Crippen LogP contribution in [-0.4, -0.2) is 137 Å². The molecule has 1 atom stereocenters. The number of nitrogens with two attached hydrogens (primary N) is 1. The Bertz CT molecular complexity index is 1460. The van der Waals surface area contributed by atoms with Crippen molar-refractivity contribution in [1.82, 2.24) is 30.5 Å². The van der Waals surface area contributed by atoms with Gasteiger partial charge in [-0.1, -0.05) is 13.3 Å². The number of anilines is 2. The number of ketones is 1. The molecular weight excluding hydrogens is 640 g/mol. The molecule has 3 aromatic rings. The summed E-state index contributed by atoms with van der Waals surface area (Å²) in [6.07, 6.45) is 4.87. The number of nitrogens with zero attached hydrogens (tertiary/aromatic N) is 4. The number of hydrogen-bond acceptors (Lipinski definition) is 12. The number of piperazine rings is 1. The lowest BCUT2D eigenvalue weighted by Crippen LogP contribution is -2.47. The van der Waals surface area contributed by atoms with Gasteiger partial charge in [0.1, 0.15) is 28.5 Å². The van der Waals surface area contributed by atoms with Gasteiger partial charge in [-0.15, -0.1) is 0 Å². The Morgan fingerprint density at radius 1 is 0.940 bits per heavy atom. The zero-order valence-corrected chi connectivity index (χ0v) is 30.3. The molecule has 0 radical (unpaired) electrons. The van der Waals surface area contributed by atoms with E-state index in [4.69, 9.17) is 29.7 Å². The number of fused-ring (bicyclic) bond motifs is 3. The van der Waals surface area contributed by atoms with E-state index in [0.29, 0.717) is 78.1 Å². The van der Waals surface area contributed by atoms with E-state index >= 15 is 0 Å². The molecule has 278 valence electrons. The summed E-state index contributed by atoms with van der Waals surface area (Å²) in [5, 5.41) is 6.87. The summed E-state index contributed by atoms with van der Waals surface area (Å²) in [6, 6.07) is 6.24. The number of likely N-dealkylation sites (N-methyl/N-ethyl adjacent to an activating group) is 1. The summed E-state index contributed by atoms with van der Waals surface area (Å²) in [5.74, 6) is 1.53. The first-order chi connectivity index (χ1) is 24.4. The lowest BCUT2D eigenvalue weighted by atomic mass is 10.1. The minimum atomic E-state index is -0.152. The Hall–Kier alpha value is -3.40. The highest BCUT2D eigenvalue weighted by atomic mass is 16.6. The van der Waals surface area contributed by atoms with Crippen LogP contribution in [0.25, 0.3) is 21.9 Å². The van der Waals surface area contributed by atoms with Crippen molar-refractivity contribution in [2.75, 3.05) is 110 Å². The van der Waals surface area contributed by atoms with Gasteiger partial charge in [0.15, 0.2) is 0 Å². The number of hydrogen-bond donors (Lipinski definition) is 4. The van der Waals surface area contributed by atoms with E-state index < -0.39 is 0 Å². The molecule has 14 nitrogen and oxygen atoms in total. The minimum absolute atomic E-state index is 0.0532. The second-order valence-corrected chi connectivity index (χ2v) is 12.7. The van der Waals surface area contributed by atoms with E-state index in [0.717, 1.165) is 86.2 Å². The molecule has 1 saturated heterocycles. The molecule has 14 heteroatoms. The number of aryl methyl sites for hydroxylation is 1. The van der Waals surface area contributed by atoms with Crippen LogP contribution in [0.3, 0.4) is 0 Å². The summed E-state index contributed by atoms with van der Waals surface area (Å²) in [5.41, 5.74) is 10.1. The second kappa shape index (κ2) is 21.7. The van der Waals surface area contributed by atoms with Gasteiger partial charge in [0.25, 0.3) is 0 Å². The van der Waals surface area contributed by atoms with Gasteiger partial charge < -0.3 is 45.2 Å². The quantitative estimate of drug-likeness (QED) is 0.0957. The number of ether oxygens (including phenoxy) is 4. The molecule has 1 aromatic carbocycles. The first-order valence-electron chi connectivity index (χ1n) is 18.2. The lowest BCUT2D eigenvalue weighted by molar-refractivity contribution is -0.122. The van der Waals surface area contributed by atoms with Crippen LogP contribution < -0.4 is 21.3 Å². The molecule has 0 aliphatic carbocycles. The zero-order valence-electron chi connectivity index (χ0n) is 30.3. The smallest absolute Gasteiger partial charge is 0.222 e. The number of pyridine rings is 1. The van der Waals surface area contributed by atoms with Gasteiger partial charge in [-0.2, -0.15) is 0 Å². The number of aromatic nitrogens is 3. The van der Waals surface area contributed by atoms with Gasteiger partial charge in [-0.25, -0.2) is 9.97 Å². The van der Waals surface area contributed by atoms with Crippen molar-refractivity contribution in [2.45, 2.75) is 58.4 Å². The number of imidazole rings is 1. The number of unbranched alkanes of at least 4 members (excludes halogenated alkanes) is 1. The fraction of sp³-hybridized carbons (Fsp3) is 0.667. The molecule has 0 bridgehead atoms. The molecule has 50 heavy (non-hydrogen) atoms. The number of benzene rings is 1. The first kappa shape index (κ1) is 39.4. The van der Waals surface area contributed by atoms with Gasteiger partial charge in [0, 0.05) is 63.2 Å². The summed E-state index contributed by atoms with van der Waals surface area (Å²) in [6.45, 7) is 13.0. The van der Waals surface area contributed by atoms with Crippen LogP contribution in [0.4, 0.5) is 11.5 Å². The monoisotopic (exact) mass is 698 g/mol. The maximum Gasteiger partial charge on any atom is 0.222 e. The molecule has 2 aromatic heterocycles. The standard InChI is InChI=1S/C36H58N8O6/c1-4-5-8-32-41-34-29-26-28(9-10-31(29)40-36(37)35(34)42-32)44-15-13-43(14-16-44)17-19-48-21-23-50-25-24-49-22-20-47-18-11-33(46)39-12-6-7-30(38-3)27(2)45/h9-10,26,30,38H,4-8,11-25H2,1-3H3,(H2,37,40)(H,39,46)(H,41,42). The molecule has 1 aliphatic heterocycles. The van der Waals surface area contributed by atoms with Gasteiger partial charge in [0.2, 0.25) is 5.91 Å². The number of Topliss-reactive ketones (excluding diaryl/α,β-unsaturated/α-hetero) is 1. The van der Waals surface area contributed by atoms with E-state index in [1.165, 1.54) is 5.69 Å². The molecule has 1 amide bonds. The van der Waals surface area contributed by atoms with E-state index in [1.807, 2.05) is 0 Å². The predicted molar refractivity (Wildman–Crippen MR) is 197 cm³/mol. The summed E-state index contributed by atoms with van der Waals surface area (Å²) < 4.78 is 22.4. The Morgan fingerprint density at radius 2 is 1.62 bits per heavy atom. The number of rotatable bonds is 25. The molecule has 5 N–H and O–H groups in total. The lowest BCUT2D eigenvalue weighted by Gasteiger charge is -2.36. The van der Waals surface area contributed by atoms with Crippen LogP contribution in [0, 0.1) is 0 Å². The minimum Gasteiger partial charge on any atom is -0.382 e. The Balaban J connectivity index is 0.978. The van der Waals surface area contributed by atoms with E-state index in [2.05, 4.69) is 55.5 Å². The van der Waals surface area contributed by atoms with E-state index in [-0.39, 0.29) is 17.7 Å². The number of carbonyl (C=O) groups is 2. The summed E-state index contributed by atoms with van der Waals surface area (Å²) in [7, 11) is 1.77. The highest BCUT2D eigenvalue weighted by Crippen LogP contribution is 2.30. The number of amides is 1. The maximum atomic E-state index is 11.9.